The van der Waals surface area contributed by atoms with Crippen LogP contribution in [0, 0.1) is 0 Å². The van der Waals surface area contributed by atoms with E-state index < -0.39 is 0 Å². The van der Waals surface area contributed by atoms with E-state index in [4.69, 9.17) is 10.7 Å². The third-order valence-corrected chi connectivity index (χ3v) is 3.72. The quantitative estimate of drug-likeness (QED) is 0.281. The SMILES string of the molecule is C(=N\Oc1ccccc1)/c1ccccc1.NOc1ccccc1.O.O=Cc1ccccc1. The highest BCUT2D eigenvalue weighted by Gasteiger charge is 1.88. The molecule has 0 aliphatic rings. The first-order chi connectivity index (χ1) is 15.3. The first kappa shape index (κ1) is 25.8. The van der Waals surface area contributed by atoms with E-state index >= 15 is 0 Å². The van der Waals surface area contributed by atoms with Gasteiger partial charge >= 0.3 is 0 Å². The molecule has 0 amide bonds. The van der Waals surface area contributed by atoms with Crippen LogP contribution in [0.3, 0.4) is 0 Å². The van der Waals surface area contributed by atoms with E-state index in [0.29, 0.717) is 5.75 Å². The van der Waals surface area contributed by atoms with Gasteiger partial charge in [0.2, 0.25) is 0 Å². The summed E-state index contributed by atoms with van der Waals surface area (Å²) in [5.74, 6) is 6.28. The highest BCUT2D eigenvalue weighted by atomic mass is 16.6. The zero-order valence-corrected chi connectivity index (χ0v) is 17.5. The molecule has 0 bridgehead atoms. The number of carbonyl (C=O) groups is 1. The Labute approximate surface area is 187 Å². The first-order valence-corrected chi connectivity index (χ1v) is 9.54. The van der Waals surface area contributed by atoms with Gasteiger partial charge in [0.05, 0.1) is 6.21 Å². The lowest BCUT2D eigenvalue weighted by atomic mass is 10.2. The average molecular weight is 431 g/mol. The number of hydrogen-bond acceptors (Lipinski definition) is 5. The molecule has 0 saturated heterocycles. The van der Waals surface area contributed by atoms with Crippen molar-refractivity contribution in [2.24, 2.45) is 11.1 Å². The lowest BCUT2D eigenvalue weighted by molar-refractivity contribution is 0.112. The van der Waals surface area contributed by atoms with Crippen molar-refractivity contribution in [2.75, 3.05) is 0 Å². The molecule has 0 aliphatic heterocycles. The van der Waals surface area contributed by atoms with Crippen LogP contribution >= 0.6 is 0 Å². The van der Waals surface area contributed by atoms with Gasteiger partial charge in [0.15, 0.2) is 5.75 Å². The number of oxime groups is 1. The van der Waals surface area contributed by atoms with Crippen LogP contribution in [0.25, 0.3) is 0 Å². The third-order valence-electron chi connectivity index (χ3n) is 3.72. The van der Waals surface area contributed by atoms with Gasteiger partial charge in [-0.3, -0.25) is 4.79 Å². The minimum atomic E-state index is 0. The molecule has 0 spiro atoms. The molecular weight excluding hydrogens is 404 g/mol. The number of nitrogens with zero attached hydrogens (tertiary/aromatic N) is 1. The Morgan fingerprint density at radius 1 is 0.594 bits per heavy atom. The Kier molecular flexibility index (Phi) is 13.3. The molecule has 6 nitrogen and oxygen atoms in total. The van der Waals surface area contributed by atoms with Crippen molar-refractivity contribution in [3.63, 3.8) is 0 Å². The Hall–Kier alpha value is -4.26. The predicted molar refractivity (Wildman–Crippen MR) is 128 cm³/mol. The molecule has 0 aromatic heterocycles. The number of aldehydes is 1. The topological polar surface area (TPSA) is 105 Å². The van der Waals surface area contributed by atoms with Crippen LogP contribution in [0.1, 0.15) is 15.9 Å². The van der Waals surface area contributed by atoms with Crippen molar-refractivity contribution in [1.82, 2.24) is 0 Å². The number of para-hydroxylation sites is 2. The summed E-state index contributed by atoms with van der Waals surface area (Å²) in [6, 6.07) is 37.6. The van der Waals surface area contributed by atoms with Gasteiger partial charge in [0.25, 0.3) is 0 Å². The van der Waals surface area contributed by atoms with Crippen molar-refractivity contribution in [1.29, 1.82) is 0 Å². The minimum absolute atomic E-state index is 0. The third kappa shape index (κ3) is 11.1. The molecule has 0 radical (unpaired) electrons. The highest BCUT2D eigenvalue weighted by Crippen LogP contribution is 2.08. The predicted octanol–water partition coefficient (Wildman–Crippen LogP) is 4.71. The molecule has 6 heteroatoms. The van der Waals surface area contributed by atoms with Crippen molar-refractivity contribution >= 4 is 12.5 Å². The summed E-state index contributed by atoms with van der Waals surface area (Å²) in [6.07, 6.45) is 2.52. The van der Waals surface area contributed by atoms with Gasteiger partial charge in [-0.1, -0.05) is 102 Å². The molecule has 0 fully saturated rings. The molecule has 4 rings (SSSR count). The molecule has 4 N–H and O–H groups in total. The van der Waals surface area contributed by atoms with Crippen LogP contribution in [-0.2, 0) is 0 Å². The molecule has 4 aromatic rings. The molecule has 0 aliphatic carbocycles. The number of hydrogen-bond donors (Lipinski definition) is 1. The van der Waals surface area contributed by atoms with Crippen LogP contribution < -0.4 is 15.6 Å². The summed E-state index contributed by atoms with van der Waals surface area (Å²) < 4.78 is 0. The van der Waals surface area contributed by atoms with Gasteiger partial charge < -0.3 is 15.2 Å². The number of rotatable bonds is 5. The van der Waals surface area contributed by atoms with Crippen LogP contribution in [0.15, 0.2) is 126 Å². The van der Waals surface area contributed by atoms with Crippen molar-refractivity contribution in [3.05, 3.63) is 132 Å². The lowest BCUT2D eigenvalue weighted by Gasteiger charge is -1.96. The van der Waals surface area contributed by atoms with Crippen LogP contribution in [0.2, 0.25) is 0 Å². The van der Waals surface area contributed by atoms with Gasteiger partial charge in [-0.2, -0.15) is 5.90 Å². The first-order valence-electron chi connectivity index (χ1n) is 9.54. The maximum Gasteiger partial charge on any atom is 0.157 e. The Morgan fingerprint density at radius 3 is 1.38 bits per heavy atom. The van der Waals surface area contributed by atoms with Crippen LogP contribution in [0.5, 0.6) is 11.5 Å². The molecule has 0 heterocycles. The van der Waals surface area contributed by atoms with E-state index in [1.807, 2.05) is 97.1 Å². The van der Waals surface area contributed by atoms with Crippen LogP contribution in [-0.4, -0.2) is 18.0 Å². The second-order valence-corrected chi connectivity index (χ2v) is 6.01. The van der Waals surface area contributed by atoms with Gasteiger partial charge in [0.1, 0.15) is 12.0 Å². The summed E-state index contributed by atoms with van der Waals surface area (Å²) in [5.41, 5.74) is 1.75. The van der Waals surface area contributed by atoms with E-state index in [-0.39, 0.29) is 5.48 Å². The zero-order chi connectivity index (χ0) is 22.0. The summed E-state index contributed by atoms with van der Waals surface area (Å²) in [5, 5.41) is 3.89. The Balaban J connectivity index is 0.000000257. The van der Waals surface area contributed by atoms with Crippen molar-refractivity contribution in [2.45, 2.75) is 0 Å². The second-order valence-electron chi connectivity index (χ2n) is 6.01. The molecule has 0 unspecified atom stereocenters. The summed E-state index contributed by atoms with van der Waals surface area (Å²) in [4.78, 5) is 19.6. The van der Waals surface area contributed by atoms with E-state index in [0.717, 1.165) is 23.2 Å². The maximum absolute atomic E-state index is 10.0. The molecule has 0 atom stereocenters. The monoisotopic (exact) mass is 430 g/mol. The van der Waals surface area contributed by atoms with Gasteiger partial charge in [-0.15, -0.1) is 0 Å². The molecule has 0 saturated carbocycles. The van der Waals surface area contributed by atoms with Gasteiger partial charge in [0, 0.05) is 5.56 Å². The van der Waals surface area contributed by atoms with Gasteiger partial charge in [-0.05, 0) is 29.8 Å². The summed E-state index contributed by atoms with van der Waals surface area (Å²) in [6.45, 7) is 0. The fourth-order valence-electron chi connectivity index (χ4n) is 2.20. The van der Waals surface area contributed by atoms with E-state index in [9.17, 15) is 4.79 Å². The normalized spacial score (nSPS) is 9.16. The van der Waals surface area contributed by atoms with E-state index in [2.05, 4.69) is 9.99 Å². The van der Waals surface area contributed by atoms with Crippen molar-refractivity contribution in [3.8, 4) is 11.5 Å². The fourth-order valence-corrected chi connectivity index (χ4v) is 2.20. The Bertz CT molecular complexity index is 997. The average Bonchev–Trinajstić information content (AvgIpc) is 2.87. The lowest BCUT2D eigenvalue weighted by Crippen LogP contribution is -2.00. The second kappa shape index (κ2) is 16.5. The molecular formula is C26H26N2O4. The van der Waals surface area contributed by atoms with E-state index in [1.165, 1.54) is 0 Å². The van der Waals surface area contributed by atoms with Crippen molar-refractivity contribution < 1.29 is 19.9 Å². The standard InChI is InChI=1S/C13H11NO.C7H6O.C6H7NO.H2O/c1-3-7-12(8-4-1)11-14-15-13-9-5-2-6-10-13;8-6-7-4-2-1-3-5-7;7-8-6-4-2-1-3-5-6;/h1-11H;1-6H;1-5H,7H2;1H2/b14-11+;;;. The number of benzene rings is 4. The smallest absolute Gasteiger partial charge is 0.157 e. The van der Waals surface area contributed by atoms with Gasteiger partial charge in [-0.25, -0.2) is 0 Å². The maximum atomic E-state index is 10.0. The van der Waals surface area contributed by atoms with E-state index in [1.54, 1.807) is 30.5 Å². The summed E-state index contributed by atoms with van der Waals surface area (Å²) in [7, 11) is 0. The largest absolute Gasteiger partial charge is 0.412 e. The highest BCUT2D eigenvalue weighted by molar-refractivity contribution is 5.78. The molecule has 32 heavy (non-hydrogen) atoms. The Morgan fingerprint density at radius 2 is 1.00 bits per heavy atom. The molecule has 164 valence electrons. The fraction of sp³-hybridized carbons (Fsp3) is 0. The van der Waals surface area contributed by atoms with Crippen LogP contribution in [0.4, 0.5) is 0 Å². The number of nitrogens with two attached hydrogens (primary N) is 1. The number of carbonyl (C=O) groups excluding carboxylic acids is 1. The molecule has 4 aromatic carbocycles. The summed E-state index contributed by atoms with van der Waals surface area (Å²) >= 11 is 0. The minimum Gasteiger partial charge on any atom is -0.412 e. The zero-order valence-electron chi connectivity index (χ0n) is 17.5.